The molecular weight excluding hydrogens is 474 g/mol. The number of methoxy groups -OCH3 is 1. The van der Waals surface area contributed by atoms with E-state index in [1.807, 2.05) is 48.5 Å². The van der Waals surface area contributed by atoms with Gasteiger partial charge in [-0.15, -0.1) is 0 Å². The quantitative estimate of drug-likeness (QED) is 0.266. The minimum atomic E-state index is -0.722. The molecule has 1 aromatic rings. The predicted octanol–water partition coefficient (Wildman–Crippen LogP) is 6.51. The minimum Gasteiger partial charge on any atom is -0.481 e. The van der Waals surface area contributed by atoms with Gasteiger partial charge in [-0.25, -0.2) is 4.79 Å². The van der Waals surface area contributed by atoms with Gasteiger partial charge in [-0.05, 0) is 71.2 Å². The number of carbonyl (C=O) groups is 4. The molecule has 0 atom stereocenters. The van der Waals surface area contributed by atoms with Crippen molar-refractivity contribution in [2.24, 2.45) is 16.2 Å². The number of hydrogen-bond acceptors (Lipinski definition) is 6. The second-order valence-corrected chi connectivity index (χ2v) is 10.4. The summed E-state index contributed by atoms with van der Waals surface area (Å²) in [6, 6.07) is 6.63. The van der Waals surface area contributed by atoms with Gasteiger partial charge in [0.15, 0.2) is 0 Å². The highest BCUT2D eigenvalue weighted by Crippen LogP contribution is 2.23. The molecule has 1 rings (SSSR count). The molecule has 0 aliphatic heterocycles. The van der Waals surface area contributed by atoms with E-state index in [0.717, 1.165) is 12.8 Å². The third-order valence-electron chi connectivity index (χ3n) is 6.29. The van der Waals surface area contributed by atoms with Gasteiger partial charge in [0.05, 0.1) is 23.5 Å². The lowest BCUT2D eigenvalue weighted by molar-refractivity contribution is -0.152. The van der Waals surface area contributed by atoms with Crippen molar-refractivity contribution >= 4 is 29.5 Å². The number of nitrogens with one attached hydrogen (secondary N) is 1. The zero-order valence-electron chi connectivity index (χ0n) is 24.3. The molecule has 0 aliphatic carbocycles. The lowest BCUT2D eigenvalue weighted by Crippen LogP contribution is -2.29. The Labute approximate surface area is 222 Å². The maximum absolute atomic E-state index is 11.9. The summed E-state index contributed by atoms with van der Waals surface area (Å²) in [6.45, 7) is 20.5. The number of rotatable bonds is 10. The topological polar surface area (TPSA) is 119 Å². The fourth-order valence-electron chi connectivity index (χ4n) is 1.89. The molecule has 0 aliphatic rings. The molecule has 8 heteroatoms. The van der Waals surface area contributed by atoms with E-state index in [0.29, 0.717) is 24.3 Å². The molecule has 37 heavy (non-hydrogen) atoms. The van der Waals surface area contributed by atoms with Crippen LogP contribution >= 0.6 is 0 Å². The molecule has 0 heterocycles. The van der Waals surface area contributed by atoms with E-state index in [4.69, 9.17) is 9.84 Å². The molecule has 0 unspecified atom stereocenters. The van der Waals surface area contributed by atoms with Gasteiger partial charge >= 0.3 is 17.9 Å². The van der Waals surface area contributed by atoms with E-state index in [1.54, 1.807) is 44.2 Å². The fourth-order valence-corrected chi connectivity index (χ4v) is 1.89. The third-order valence-corrected chi connectivity index (χ3v) is 6.29. The average Bonchev–Trinajstić information content (AvgIpc) is 2.87. The number of carbonyl (C=O) groups excluding carboxylic acids is 3. The van der Waals surface area contributed by atoms with Gasteiger partial charge < -0.3 is 19.9 Å². The summed E-state index contributed by atoms with van der Waals surface area (Å²) in [4.78, 5) is 44.6. The van der Waals surface area contributed by atoms with Crippen molar-refractivity contribution in [3.63, 3.8) is 0 Å². The van der Waals surface area contributed by atoms with Gasteiger partial charge in [-0.3, -0.25) is 14.4 Å². The summed E-state index contributed by atoms with van der Waals surface area (Å²) in [5.41, 5.74) is -0.163. The largest absolute Gasteiger partial charge is 0.481 e. The highest BCUT2D eigenvalue weighted by molar-refractivity contribution is 5.95. The van der Waals surface area contributed by atoms with E-state index in [-0.39, 0.29) is 23.3 Å². The Morgan fingerprint density at radius 2 is 1.32 bits per heavy atom. The molecular formula is C29H47NO7. The van der Waals surface area contributed by atoms with Crippen LogP contribution in [0.1, 0.15) is 91.9 Å². The Hall–Kier alpha value is -3.16. The Balaban J connectivity index is 0. The number of carboxylic acids is 1. The minimum absolute atomic E-state index is 0.0316. The lowest BCUT2D eigenvalue weighted by atomic mass is 9.89. The number of hydrogen-bond donors (Lipinski definition) is 2. The molecule has 0 saturated carbocycles. The number of esters is 2. The van der Waals surface area contributed by atoms with Crippen molar-refractivity contribution < 1.29 is 33.8 Å². The Morgan fingerprint density at radius 1 is 0.865 bits per heavy atom. The molecule has 0 radical (unpaired) electrons. The first-order chi connectivity index (χ1) is 16.9. The van der Waals surface area contributed by atoms with Gasteiger partial charge in [0.25, 0.3) is 0 Å². The van der Waals surface area contributed by atoms with Gasteiger partial charge in [-0.1, -0.05) is 47.3 Å². The smallest absolute Gasteiger partial charge is 0.337 e. The molecule has 210 valence electrons. The van der Waals surface area contributed by atoms with Crippen LogP contribution in [-0.4, -0.2) is 42.6 Å². The number of amides is 1. The van der Waals surface area contributed by atoms with Crippen molar-refractivity contribution in [2.75, 3.05) is 19.0 Å². The van der Waals surface area contributed by atoms with Gasteiger partial charge in [-0.2, -0.15) is 0 Å². The fraction of sp³-hybridized carbons (Fsp3) is 0.586. The van der Waals surface area contributed by atoms with Crippen LogP contribution in [0, 0.1) is 16.2 Å². The second kappa shape index (κ2) is 16.6. The molecule has 1 amide bonds. The first-order valence-corrected chi connectivity index (χ1v) is 12.5. The molecule has 0 saturated heterocycles. The van der Waals surface area contributed by atoms with Crippen LogP contribution in [0.4, 0.5) is 5.69 Å². The summed E-state index contributed by atoms with van der Waals surface area (Å²) in [6.07, 6.45) is 3.81. The maximum Gasteiger partial charge on any atom is 0.337 e. The normalized spacial score (nSPS) is 11.0. The second-order valence-electron chi connectivity index (χ2n) is 10.4. The molecule has 0 fully saturated rings. The zero-order chi connectivity index (χ0) is 29.4. The third kappa shape index (κ3) is 13.6. The van der Waals surface area contributed by atoms with Crippen LogP contribution < -0.4 is 5.32 Å². The van der Waals surface area contributed by atoms with Crippen molar-refractivity contribution in [2.45, 2.75) is 81.6 Å². The van der Waals surface area contributed by atoms with Crippen molar-refractivity contribution in [1.82, 2.24) is 0 Å². The van der Waals surface area contributed by atoms with E-state index < -0.39 is 16.8 Å². The van der Waals surface area contributed by atoms with Crippen molar-refractivity contribution in [1.29, 1.82) is 0 Å². The van der Waals surface area contributed by atoms with Crippen LogP contribution in [0.2, 0.25) is 0 Å². The predicted molar refractivity (Wildman–Crippen MR) is 147 cm³/mol. The van der Waals surface area contributed by atoms with Gasteiger partial charge in [0.1, 0.15) is 6.61 Å². The van der Waals surface area contributed by atoms with Crippen molar-refractivity contribution in [3.8, 4) is 0 Å². The Morgan fingerprint density at radius 3 is 1.65 bits per heavy atom. The highest BCUT2D eigenvalue weighted by Gasteiger charge is 2.27. The van der Waals surface area contributed by atoms with Gasteiger partial charge in [0, 0.05) is 11.1 Å². The molecule has 0 spiro atoms. The van der Waals surface area contributed by atoms with E-state index >= 15 is 0 Å². The number of anilines is 1. The van der Waals surface area contributed by atoms with Crippen LogP contribution in [0.5, 0.6) is 0 Å². The summed E-state index contributed by atoms with van der Waals surface area (Å²) < 4.78 is 9.49. The van der Waals surface area contributed by atoms with Crippen LogP contribution in [0.15, 0.2) is 36.9 Å². The zero-order valence-corrected chi connectivity index (χ0v) is 24.3. The van der Waals surface area contributed by atoms with E-state index in [9.17, 15) is 19.2 Å². The monoisotopic (exact) mass is 521 g/mol. The lowest BCUT2D eigenvalue weighted by Gasteiger charge is -2.21. The van der Waals surface area contributed by atoms with Crippen LogP contribution in [0.25, 0.3) is 0 Å². The number of aliphatic carboxylic acids is 1. The molecule has 0 bridgehead atoms. The van der Waals surface area contributed by atoms with Crippen LogP contribution in [0.3, 0.4) is 0 Å². The summed E-state index contributed by atoms with van der Waals surface area (Å²) >= 11 is 0. The van der Waals surface area contributed by atoms with Gasteiger partial charge in [0.2, 0.25) is 5.91 Å². The highest BCUT2D eigenvalue weighted by atomic mass is 16.5. The van der Waals surface area contributed by atoms with Crippen LogP contribution in [-0.2, 0) is 23.9 Å². The summed E-state index contributed by atoms with van der Waals surface area (Å²) in [5.74, 6) is -1.29. The van der Waals surface area contributed by atoms with E-state index in [2.05, 4.69) is 16.6 Å². The van der Waals surface area contributed by atoms with Crippen molar-refractivity contribution in [3.05, 3.63) is 42.5 Å². The molecule has 8 nitrogen and oxygen atoms in total. The first-order valence-electron chi connectivity index (χ1n) is 12.5. The number of carboxylic acid groups (broad SMARTS) is 1. The number of benzene rings is 1. The molecule has 0 aromatic heterocycles. The summed E-state index contributed by atoms with van der Waals surface area (Å²) in [5, 5.41) is 11.3. The SMILES string of the molecule is C=CCOC(=O)C(C)(C)CC.CCC(C)(C)C(=O)Nc1ccc(C(=O)OC)cc1.CCC(C)(C)C(=O)O. The molecule has 2 N–H and O–H groups in total. The maximum atomic E-state index is 11.9. The number of ether oxygens (including phenoxy) is 2. The Kier molecular flexibility index (Phi) is 16.1. The van der Waals surface area contributed by atoms with E-state index in [1.165, 1.54) is 7.11 Å². The standard InChI is InChI=1S/C14H19NO3.C9H16O2.C6H12O2/c1-5-14(2,3)13(17)15-11-8-6-10(7-9-11)12(16)18-4;1-5-7-11-8(10)9(3,4)6-2;1-4-6(2,3)5(7)8/h6-9H,5H2,1-4H3,(H,15,17);5H,1,6-7H2,2-4H3;4H2,1-3H3,(H,7,8). The summed E-state index contributed by atoms with van der Waals surface area (Å²) in [7, 11) is 1.34. The first kappa shape index (κ1) is 36.0. The molecule has 1 aromatic carbocycles. The Bertz CT molecular complexity index is 884. The average molecular weight is 522 g/mol.